The highest BCUT2D eigenvalue weighted by Crippen LogP contribution is 2.31. The van der Waals surface area contributed by atoms with E-state index in [9.17, 15) is 9.59 Å². The number of carboxylic acids is 1. The molecule has 1 N–H and O–H groups in total. The Morgan fingerprint density at radius 1 is 1.35 bits per heavy atom. The Balaban J connectivity index is 1.78. The first kappa shape index (κ1) is 14.7. The van der Waals surface area contributed by atoms with Gasteiger partial charge in [-0.15, -0.1) is 0 Å². The summed E-state index contributed by atoms with van der Waals surface area (Å²) in [4.78, 5) is 27.4. The molecule has 1 heterocycles. The average molecular weight is 280 g/mol. The third-order valence-corrected chi connectivity index (χ3v) is 4.37. The van der Waals surface area contributed by atoms with Crippen molar-refractivity contribution in [2.24, 2.45) is 22.9 Å². The zero-order valence-corrected chi connectivity index (χ0v) is 11.4. The molecular formula is C13H20N4O3. The van der Waals surface area contributed by atoms with Crippen molar-refractivity contribution < 1.29 is 14.7 Å². The van der Waals surface area contributed by atoms with Gasteiger partial charge in [0.1, 0.15) is 0 Å². The largest absolute Gasteiger partial charge is 0.481 e. The quantitative estimate of drug-likeness (QED) is 0.473. The number of rotatable bonds is 5. The average Bonchev–Trinajstić information content (AvgIpc) is 2.77. The molecule has 20 heavy (non-hydrogen) atoms. The third kappa shape index (κ3) is 3.63. The summed E-state index contributed by atoms with van der Waals surface area (Å²) in [6, 6.07) is 0. The van der Waals surface area contributed by atoms with Gasteiger partial charge in [-0.2, -0.15) is 0 Å². The van der Waals surface area contributed by atoms with Gasteiger partial charge in [0.15, 0.2) is 0 Å². The van der Waals surface area contributed by atoms with Crippen LogP contribution in [0, 0.1) is 17.8 Å². The Kier molecular flexibility index (Phi) is 4.84. The Morgan fingerprint density at radius 3 is 2.65 bits per heavy atom. The van der Waals surface area contributed by atoms with Crippen molar-refractivity contribution in [2.45, 2.75) is 32.1 Å². The number of nitrogens with zero attached hydrogens (tertiary/aromatic N) is 4. The normalized spacial score (nSPS) is 30.1. The maximum absolute atomic E-state index is 11.9. The zero-order chi connectivity index (χ0) is 14.5. The molecule has 1 saturated heterocycles. The highest BCUT2D eigenvalue weighted by molar-refractivity contribution is 5.78. The molecule has 0 aromatic carbocycles. The molecule has 1 unspecified atom stereocenters. The second-order valence-electron chi connectivity index (χ2n) is 5.84. The molecule has 2 rings (SSSR count). The number of hydrogen-bond donors (Lipinski definition) is 1. The lowest BCUT2D eigenvalue weighted by Gasteiger charge is -2.29. The molecule has 1 aliphatic heterocycles. The van der Waals surface area contributed by atoms with Crippen LogP contribution in [0.15, 0.2) is 5.11 Å². The van der Waals surface area contributed by atoms with Gasteiger partial charge in [0.2, 0.25) is 5.91 Å². The van der Waals surface area contributed by atoms with E-state index in [2.05, 4.69) is 10.0 Å². The molecule has 0 aromatic heterocycles. The third-order valence-electron chi connectivity index (χ3n) is 4.37. The first-order chi connectivity index (χ1) is 9.60. The molecule has 0 aromatic rings. The maximum atomic E-state index is 11.9. The van der Waals surface area contributed by atoms with Crippen LogP contribution in [0.3, 0.4) is 0 Å². The Bertz CT molecular complexity index is 425. The number of carboxylic acid groups (broad SMARTS) is 1. The van der Waals surface area contributed by atoms with E-state index < -0.39 is 5.97 Å². The highest BCUT2D eigenvalue weighted by Gasteiger charge is 2.32. The van der Waals surface area contributed by atoms with Crippen LogP contribution >= 0.6 is 0 Å². The number of azide groups is 1. The van der Waals surface area contributed by atoms with E-state index in [4.69, 9.17) is 10.6 Å². The van der Waals surface area contributed by atoms with Crippen molar-refractivity contribution in [1.29, 1.82) is 0 Å². The lowest BCUT2D eigenvalue weighted by atomic mass is 9.82. The van der Waals surface area contributed by atoms with Crippen LogP contribution in [0.5, 0.6) is 0 Å². The molecule has 0 radical (unpaired) electrons. The Morgan fingerprint density at radius 2 is 2.05 bits per heavy atom. The van der Waals surface area contributed by atoms with Gasteiger partial charge in [-0.3, -0.25) is 9.59 Å². The predicted molar refractivity (Wildman–Crippen MR) is 71.8 cm³/mol. The number of amides is 1. The summed E-state index contributed by atoms with van der Waals surface area (Å²) in [5.74, 6) is -0.238. The van der Waals surface area contributed by atoms with Crippen LogP contribution in [0.2, 0.25) is 0 Å². The van der Waals surface area contributed by atoms with E-state index in [-0.39, 0.29) is 17.7 Å². The number of aliphatic carboxylic acids is 1. The summed E-state index contributed by atoms with van der Waals surface area (Å²) in [5, 5.41) is 12.5. The van der Waals surface area contributed by atoms with E-state index in [1.54, 1.807) is 0 Å². The second kappa shape index (κ2) is 6.61. The number of hydrogen-bond acceptors (Lipinski definition) is 3. The molecule has 110 valence electrons. The summed E-state index contributed by atoms with van der Waals surface area (Å²) in [6.45, 7) is 1.76. The SMILES string of the molecule is [N-]=[N+]=NCC1CC(=O)N(CC2CCC(C(=O)O)CC2)C1. The van der Waals surface area contributed by atoms with Crippen molar-refractivity contribution in [3.8, 4) is 0 Å². The first-order valence-corrected chi connectivity index (χ1v) is 7.11. The first-order valence-electron chi connectivity index (χ1n) is 7.11. The summed E-state index contributed by atoms with van der Waals surface area (Å²) < 4.78 is 0. The fraction of sp³-hybridized carbons (Fsp3) is 0.846. The fourth-order valence-electron chi connectivity index (χ4n) is 3.21. The molecule has 1 saturated carbocycles. The van der Waals surface area contributed by atoms with Gasteiger partial charge >= 0.3 is 5.97 Å². The van der Waals surface area contributed by atoms with E-state index >= 15 is 0 Å². The lowest BCUT2D eigenvalue weighted by molar-refractivity contribution is -0.143. The molecule has 7 nitrogen and oxygen atoms in total. The summed E-state index contributed by atoms with van der Waals surface area (Å²) >= 11 is 0. The minimum absolute atomic E-state index is 0.128. The smallest absolute Gasteiger partial charge is 0.306 e. The molecule has 7 heteroatoms. The van der Waals surface area contributed by atoms with Crippen LogP contribution in [0.25, 0.3) is 10.4 Å². The van der Waals surface area contributed by atoms with Crippen LogP contribution < -0.4 is 0 Å². The van der Waals surface area contributed by atoms with Crippen molar-refractivity contribution in [3.05, 3.63) is 10.4 Å². The highest BCUT2D eigenvalue weighted by atomic mass is 16.4. The van der Waals surface area contributed by atoms with Gasteiger partial charge in [-0.25, -0.2) is 0 Å². The van der Waals surface area contributed by atoms with E-state index in [1.807, 2.05) is 4.90 Å². The van der Waals surface area contributed by atoms with Gasteiger partial charge in [0.25, 0.3) is 0 Å². The molecule has 1 amide bonds. The van der Waals surface area contributed by atoms with Crippen molar-refractivity contribution in [1.82, 2.24) is 4.90 Å². The van der Waals surface area contributed by atoms with Gasteiger partial charge in [0, 0.05) is 31.0 Å². The summed E-state index contributed by atoms with van der Waals surface area (Å²) in [5.41, 5.74) is 8.30. The molecule has 1 atom stereocenters. The Hall–Kier alpha value is -1.75. The maximum Gasteiger partial charge on any atom is 0.306 e. The lowest BCUT2D eigenvalue weighted by Crippen LogP contribution is -2.33. The Labute approximate surface area is 117 Å². The van der Waals surface area contributed by atoms with Crippen LogP contribution in [0.1, 0.15) is 32.1 Å². The second-order valence-corrected chi connectivity index (χ2v) is 5.84. The molecule has 0 spiro atoms. The van der Waals surface area contributed by atoms with E-state index in [0.29, 0.717) is 38.3 Å². The summed E-state index contributed by atoms with van der Waals surface area (Å²) in [7, 11) is 0. The van der Waals surface area contributed by atoms with E-state index in [0.717, 1.165) is 19.4 Å². The standard InChI is InChI=1S/C13H20N4O3/c14-16-15-6-10-5-12(18)17(8-10)7-9-1-3-11(4-2-9)13(19)20/h9-11H,1-8H2,(H,19,20). The van der Waals surface area contributed by atoms with Crippen molar-refractivity contribution in [2.75, 3.05) is 19.6 Å². The van der Waals surface area contributed by atoms with Gasteiger partial charge in [0.05, 0.1) is 5.92 Å². The number of carbonyl (C=O) groups is 2. The van der Waals surface area contributed by atoms with E-state index in [1.165, 1.54) is 0 Å². The molecule has 2 aliphatic rings. The topological polar surface area (TPSA) is 106 Å². The monoisotopic (exact) mass is 280 g/mol. The molecule has 1 aliphatic carbocycles. The zero-order valence-electron chi connectivity index (χ0n) is 11.4. The van der Waals surface area contributed by atoms with Crippen LogP contribution in [-0.4, -0.2) is 41.5 Å². The minimum Gasteiger partial charge on any atom is -0.481 e. The predicted octanol–water partition coefficient (Wildman–Crippen LogP) is 2.04. The van der Waals surface area contributed by atoms with Crippen molar-refractivity contribution >= 4 is 11.9 Å². The summed E-state index contributed by atoms with van der Waals surface area (Å²) in [6.07, 6.45) is 3.64. The number of carbonyl (C=O) groups excluding carboxylic acids is 1. The minimum atomic E-state index is -0.699. The fourth-order valence-corrected chi connectivity index (χ4v) is 3.21. The molecule has 0 bridgehead atoms. The van der Waals surface area contributed by atoms with Gasteiger partial charge < -0.3 is 10.0 Å². The van der Waals surface area contributed by atoms with Crippen LogP contribution in [-0.2, 0) is 9.59 Å². The van der Waals surface area contributed by atoms with Gasteiger partial charge in [-0.1, -0.05) is 5.11 Å². The molecule has 2 fully saturated rings. The van der Waals surface area contributed by atoms with Crippen molar-refractivity contribution in [3.63, 3.8) is 0 Å². The van der Waals surface area contributed by atoms with Crippen LogP contribution in [0.4, 0.5) is 0 Å². The molecular weight excluding hydrogens is 260 g/mol. The van der Waals surface area contributed by atoms with Gasteiger partial charge in [-0.05, 0) is 43.1 Å². The number of likely N-dealkylation sites (tertiary alicyclic amines) is 1.